The average Bonchev–Trinajstić information content (AvgIpc) is 2.73. The Bertz CT molecular complexity index is 878. The molecule has 1 aromatic heterocycles. The van der Waals surface area contributed by atoms with E-state index in [9.17, 15) is 4.79 Å². The highest BCUT2D eigenvalue weighted by Gasteiger charge is 2.07. The van der Waals surface area contributed by atoms with Crippen molar-refractivity contribution >= 4 is 17.4 Å². The fourth-order valence-electron chi connectivity index (χ4n) is 2.30. The molecule has 0 radical (unpaired) electrons. The number of nitrogens with one attached hydrogen (secondary N) is 2. The van der Waals surface area contributed by atoms with Gasteiger partial charge in [0.05, 0.1) is 0 Å². The third-order valence-electron chi connectivity index (χ3n) is 3.68. The summed E-state index contributed by atoms with van der Waals surface area (Å²) in [4.78, 5) is 11.8. The minimum Gasteiger partial charge on any atom is -0.489 e. The van der Waals surface area contributed by atoms with Crippen LogP contribution in [0.4, 0.5) is 11.5 Å². The molecule has 0 saturated heterocycles. The molecule has 2 aromatic carbocycles. The van der Waals surface area contributed by atoms with Crippen molar-refractivity contribution in [1.29, 1.82) is 0 Å². The Balaban J connectivity index is 1.54. The maximum Gasteiger partial charge on any atom is 0.272 e. The molecule has 0 aliphatic carbocycles. The van der Waals surface area contributed by atoms with Crippen LogP contribution >= 0.6 is 0 Å². The van der Waals surface area contributed by atoms with Gasteiger partial charge >= 0.3 is 0 Å². The minimum atomic E-state index is -0.283. The Morgan fingerprint density at radius 3 is 2.44 bits per heavy atom. The van der Waals surface area contributed by atoms with Crippen LogP contribution in [0.15, 0.2) is 79.4 Å². The quantitative estimate of drug-likeness (QED) is 0.599. The molecular weight excluding hydrogens is 340 g/mol. The Morgan fingerprint density at radius 1 is 1.00 bits per heavy atom. The molecule has 0 saturated carbocycles. The zero-order valence-corrected chi connectivity index (χ0v) is 14.8. The van der Waals surface area contributed by atoms with Crippen LogP contribution in [0.2, 0.25) is 0 Å². The average molecular weight is 360 g/mol. The Kier molecular flexibility index (Phi) is 6.14. The molecule has 2 N–H and O–H groups in total. The van der Waals surface area contributed by atoms with Crippen LogP contribution in [0, 0.1) is 0 Å². The van der Waals surface area contributed by atoms with Crippen LogP contribution in [-0.4, -0.2) is 22.6 Å². The standard InChI is InChI=1S/C21H20N4O2/c1-2-14-22-21(26)19-12-13-20(25-24-19)23-17-8-10-18(11-9-17)27-15-16-6-4-3-5-7-16/h2-13H,1,14-15H2,(H,22,26)(H,23,25). The Morgan fingerprint density at radius 2 is 1.78 bits per heavy atom. The second-order valence-electron chi connectivity index (χ2n) is 5.73. The van der Waals surface area contributed by atoms with Crippen LogP contribution < -0.4 is 15.4 Å². The number of nitrogens with zero attached hydrogens (tertiary/aromatic N) is 2. The van der Waals surface area contributed by atoms with Gasteiger partial charge in [0.2, 0.25) is 0 Å². The van der Waals surface area contributed by atoms with E-state index < -0.39 is 0 Å². The van der Waals surface area contributed by atoms with Crippen LogP contribution in [0.1, 0.15) is 16.1 Å². The zero-order chi connectivity index (χ0) is 18.9. The lowest BCUT2D eigenvalue weighted by molar-refractivity contribution is 0.0952. The van der Waals surface area contributed by atoms with Crippen LogP contribution in [0.25, 0.3) is 0 Å². The highest BCUT2D eigenvalue weighted by Crippen LogP contribution is 2.19. The second-order valence-corrected chi connectivity index (χ2v) is 5.73. The van der Waals surface area contributed by atoms with Crippen molar-refractivity contribution in [2.75, 3.05) is 11.9 Å². The number of carbonyl (C=O) groups is 1. The topological polar surface area (TPSA) is 76.1 Å². The predicted octanol–water partition coefficient (Wildman–Crippen LogP) is 3.72. The molecule has 6 nitrogen and oxygen atoms in total. The number of amides is 1. The maximum atomic E-state index is 11.8. The fraction of sp³-hybridized carbons (Fsp3) is 0.0952. The molecule has 0 aliphatic rings. The highest BCUT2D eigenvalue weighted by atomic mass is 16.5. The first-order valence-electron chi connectivity index (χ1n) is 8.51. The Hall–Kier alpha value is -3.67. The third-order valence-corrected chi connectivity index (χ3v) is 3.68. The molecule has 0 aliphatic heterocycles. The van der Waals surface area contributed by atoms with Crippen LogP contribution in [-0.2, 0) is 6.61 Å². The molecule has 0 atom stereocenters. The monoisotopic (exact) mass is 360 g/mol. The zero-order valence-electron chi connectivity index (χ0n) is 14.8. The van der Waals surface area contributed by atoms with E-state index in [0.717, 1.165) is 17.0 Å². The van der Waals surface area contributed by atoms with E-state index in [2.05, 4.69) is 27.4 Å². The van der Waals surface area contributed by atoms with Crippen LogP contribution in [0.3, 0.4) is 0 Å². The lowest BCUT2D eigenvalue weighted by Gasteiger charge is -2.09. The molecule has 6 heteroatoms. The largest absolute Gasteiger partial charge is 0.489 e. The first kappa shape index (κ1) is 18.1. The number of anilines is 2. The number of ether oxygens (including phenoxy) is 1. The van der Waals surface area contributed by atoms with Crippen molar-refractivity contribution in [3.05, 3.63) is 90.6 Å². The van der Waals surface area contributed by atoms with Crippen molar-refractivity contribution in [3.63, 3.8) is 0 Å². The SMILES string of the molecule is C=CCNC(=O)c1ccc(Nc2ccc(OCc3ccccc3)cc2)nn1. The van der Waals surface area contributed by atoms with E-state index in [4.69, 9.17) is 4.74 Å². The Labute approximate surface area is 157 Å². The van der Waals surface area contributed by atoms with E-state index in [1.54, 1.807) is 18.2 Å². The molecule has 1 heterocycles. The first-order chi connectivity index (χ1) is 13.2. The number of rotatable bonds is 8. The molecule has 3 aromatic rings. The van der Waals surface area contributed by atoms with E-state index in [1.807, 2.05) is 54.6 Å². The number of hydrogen-bond acceptors (Lipinski definition) is 5. The smallest absolute Gasteiger partial charge is 0.272 e. The molecule has 0 spiro atoms. The van der Waals surface area contributed by atoms with Gasteiger partial charge in [0.1, 0.15) is 12.4 Å². The van der Waals surface area contributed by atoms with Crippen molar-refractivity contribution in [3.8, 4) is 5.75 Å². The molecule has 1 amide bonds. The normalized spacial score (nSPS) is 10.1. The van der Waals surface area contributed by atoms with Crippen molar-refractivity contribution in [1.82, 2.24) is 15.5 Å². The molecule has 0 fully saturated rings. The first-order valence-corrected chi connectivity index (χ1v) is 8.51. The summed E-state index contributed by atoms with van der Waals surface area (Å²) in [6.45, 7) is 4.46. The van der Waals surface area contributed by atoms with Crippen molar-refractivity contribution < 1.29 is 9.53 Å². The van der Waals surface area contributed by atoms with Gasteiger partial charge in [-0.3, -0.25) is 4.79 Å². The van der Waals surface area contributed by atoms with Gasteiger partial charge in [-0.1, -0.05) is 36.4 Å². The number of benzene rings is 2. The van der Waals surface area contributed by atoms with Gasteiger partial charge in [0, 0.05) is 12.2 Å². The van der Waals surface area contributed by atoms with E-state index in [1.165, 1.54) is 0 Å². The third kappa shape index (κ3) is 5.40. The van der Waals surface area contributed by atoms with E-state index in [-0.39, 0.29) is 11.6 Å². The van der Waals surface area contributed by atoms with Gasteiger partial charge in [0.25, 0.3) is 5.91 Å². The summed E-state index contributed by atoms with van der Waals surface area (Å²) >= 11 is 0. The number of carbonyl (C=O) groups excluding carboxylic acids is 1. The van der Waals surface area contributed by atoms with Gasteiger partial charge in [-0.15, -0.1) is 16.8 Å². The molecule has 0 bridgehead atoms. The van der Waals surface area contributed by atoms with Crippen molar-refractivity contribution in [2.45, 2.75) is 6.61 Å². The van der Waals surface area contributed by atoms with Gasteiger partial charge in [-0.05, 0) is 42.0 Å². The fourth-order valence-corrected chi connectivity index (χ4v) is 2.30. The molecule has 3 rings (SSSR count). The van der Waals surface area contributed by atoms with Gasteiger partial charge in [0.15, 0.2) is 11.5 Å². The van der Waals surface area contributed by atoms with Crippen molar-refractivity contribution in [2.24, 2.45) is 0 Å². The summed E-state index contributed by atoms with van der Waals surface area (Å²) in [7, 11) is 0. The molecular formula is C21H20N4O2. The number of hydrogen-bond donors (Lipinski definition) is 2. The summed E-state index contributed by atoms with van der Waals surface area (Å²) < 4.78 is 5.76. The molecule has 27 heavy (non-hydrogen) atoms. The van der Waals surface area contributed by atoms with E-state index >= 15 is 0 Å². The lowest BCUT2D eigenvalue weighted by atomic mass is 10.2. The lowest BCUT2D eigenvalue weighted by Crippen LogP contribution is -2.24. The summed E-state index contributed by atoms with van der Waals surface area (Å²) in [6, 6.07) is 20.9. The van der Waals surface area contributed by atoms with Gasteiger partial charge in [-0.2, -0.15) is 0 Å². The molecule has 0 unspecified atom stereocenters. The maximum absolute atomic E-state index is 11.8. The molecule has 136 valence electrons. The minimum absolute atomic E-state index is 0.257. The van der Waals surface area contributed by atoms with E-state index in [0.29, 0.717) is 19.0 Å². The van der Waals surface area contributed by atoms with Gasteiger partial charge < -0.3 is 15.4 Å². The predicted molar refractivity (Wildman–Crippen MR) is 105 cm³/mol. The second kappa shape index (κ2) is 9.15. The summed E-state index contributed by atoms with van der Waals surface area (Å²) in [5.41, 5.74) is 2.22. The van der Waals surface area contributed by atoms with Crippen LogP contribution in [0.5, 0.6) is 5.75 Å². The summed E-state index contributed by atoms with van der Waals surface area (Å²) in [5, 5.41) is 13.7. The highest BCUT2D eigenvalue weighted by molar-refractivity contribution is 5.92. The summed E-state index contributed by atoms with van der Waals surface area (Å²) in [6.07, 6.45) is 1.61. The summed E-state index contributed by atoms with van der Waals surface area (Å²) in [5.74, 6) is 1.05. The van der Waals surface area contributed by atoms with Gasteiger partial charge in [-0.25, -0.2) is 0 Å². The number of aromatic nitrogens is 2.